The van der Waals surface area contributed by atoms with Crippen molar-refractivity contribution in [2.75, 3.05) is 7.11 Å². The van der Waals surface area contributed by atoms with Crippen LogP contribution in [-0.4, -0.2) is 24.6 Å². The number of ether oxygens (including phenoxy) is 2. The third-order valence-electron chi connectivity index (χ3n) is 2.25. The maximum absolute atomic E-state index is 11.4. The van der Waals surface area contributed by atoms with Crippen LogP contribution in [0.3, 0.4) is 0 Å². The third-order valence-corrected chi connectivity index (χ3v) is 2.25. The molecule has 0 bridgehead atoms. The van der Waals surface area contributed by atoms with E-state index in [1.807, 2.05) is 6.08 Å². The minimum absolute atomic E-state index is 0.364. The molecule has 0 aliphatic heterocycles. The smallest absolute Gasteiger partial charge is 0.337 e. The lowest BCUT2D eigenvalue weighted by Crippen LogP contribution is -2.37. The van der Waals surface area contributed by atoms with E-state index in [4.69, 9.17) is 4.74 Å². The zero-order valence-corrected chi connectivity index (χ0v) is 9.07. The summed E-state index contributed by atoms with van der Waals surface area (Å²) in [6.45, 7) is 3.01. The fraction of sp³-hybridized carbons (Fsp3) is 0.455. The summed E-state index contributed by atoms with van der Waals surface area (Å²) >= 11 is 0. The van der Waals surface area contributed by atoms with Crippen molar-refractivity contribution in [1.29, 1.82) is 0 Å². The van der Waals surface area contributed by atoms with E-state index in [9.17, 15) is 9.59 Å². The highest BCUT2D eigenvalue weighted by Gasteiger charge is 2.37. The van der Waals surface area contributed by atoms with Crippen LogP contribution >= 0.6 is 0 Å². The van der Waals surface area contributed by atoms with E-state index in [2.05, 4.69) is 4.74 Å². The van der Waals surface area contributed by atoms with E-state index in [-0.39, 0.29) is 0 Å². The average Bonchev–Trinajstić information content (AvgIpc) is 2.15. The van der Waals surface area contributed by atoms with Gasteiger partial charge in [0, 0.05) is 13.3 Å². The number of esters is 2. The molecule has 1 aliphatic carbocycles. The Bertz CT molecular complexity index is 340. The molecule has 0 aromatic rings. The second-order valence-electron chi connectivity index (χ2n) is 3.53. The van der Waals surface area contributed by atoms with Crippen molar-refractivity contribution in [2.24, 2.45) is 0 Å². The molecule has 82 valence electrons. The Morgan fingerprint density at radius 1 is 1.47 bits per heavy atom. The molecule has 0 radical (unpaired) electrons. The lowest BCUT2D eigenvalue weighted by atomic mass is 9.88. The minimum Gasteiger partial charge on any atom is -0.466 e. The Morgan fingerprint density at radius 3 is 2.67 bits per heavy atom. The summed E-state index contributed by atoms with van der Waals surface area (Å²) in [5.41, 5.74) is -0.545. The number of carbonyl (C=O) groups is 2. The van der Waals surface area contributed by atoms with Crippen LogP contribution in [0.25, 0.3) is 0 Å². The molecule has 0 spiro atoms. The van der Waals surface area contributed by atoms with E-state index >= 15 is 0 Å². The van der Waals surface area contributed by atoms with Gasteiger partial charge in [-0.3, -0.25) is 4.79 Å². The highest BCUT2D eigenvalue weighted by Crippen LogP contribution is 2.30. The molecule has 0 fully saturated rings. The molecular weight excluding hydrogens is 196 g/mol. The monoisotopic (exact) mass is 210 g/mol. The first-order chi connectivity index (χ1) is 6.99. The van der Waals surface area contributed by atoms with Gasteiger partial charge in [0.2, 0.25) is 0 Å². The number of hydrogen-bond donors (Lipinski definition) is 0. The molecule has 1 rings (SSSR count). The lowest BCUT2D eigenvalue weighted by molar-refractivity contribution is -0.154. The molecule has 0 aromatic carbocycles. The molecule has 4 nitrogen and oxygen atoms in total. The SMILES string of the molecule is COC(=O)C1=CC=CCC1(C)OC(C)=O. The van der Waals surface area contributed by atoms with Crippen LogP contribution in [0.1, 0.15) is 20.3 Å². The Balaban J connectivity index is 2.97. The van der Waals surface area contributed by atoms with Gasteiger partial charge in [0.25, 0.3) is 0 Å². The van der Waals surface area contributed by atoms with Gasteiger partial charge in [-0.05, 0) is 13.0 Å². The van der Waals surface area contributed by atoms with Crippen molar-refractivity contribution in [3.05, 3.63) is 23.8 Å². The second kappa shape index (κ2) is 4.29. The molecule has 0 saturated carbocycles. The van der Waals surface area contributed by atoms with Gasteiger partial charge in [0.15, 0.2) is 0 Å². The molecule has 0 heterocycles. The zero-order chi connectivity index (χ0) is 11.5. The topological polar surface area (TPSA) is 52.6 Å². The molecule has 1 atom stereocenters. The van der Waals surface area contributed by atoms with Gasteiger partial charge in [-0.2, -0.15) is 0 Å². The first kappa shape index (κ1) is 11.5. The molecule has 1 unspecified atom stereocenters. The van der Waals surface area contributed by atoms with Crippen molar-refractivity contribution in [1.82, 2.24) is 0 Å². The predicted molar refractivity (Wildman–Crippen MR) is 54.0 cm³/mol. The summed E-state index contributed by atoms with van der Waals surface area (Å²) in [5, 5.41) is 0. The third kappa shape index (κ3) is 2.46. The van der Waals surface area contributed by atoms with Gasteiger partial charge in [0.1, 0.15) is 5.60 Å². The normalized spacial score (nSPS) is 24.3. The van der Waals surface area contributed by atoms with Crippen LogP contribution in [-0.2, 0) is 19.1 Å². The van der Waals surface area contributed by atoms with Crippen LogP contribution in [0.2, 0.25) is 0 Å². The van der Waals surface area contributed by atoms with Crippen molar-refractivity contribution in [2.45, 2.75) is 25.9 Å². The van der Waals surface area contributed by atoms with Gasteiger partial charge in [-0.1, -0.05) is 12.2 Å². The maximum atomic E-state index is 11.4. The number of allylic oxidation sites excluding steroid dienone is 2. The lowest BCUT2D eigenvalue weighted by Gasteiger charge is -2.30. The quantitative estimate of drug-likeness (QED) is 0.646. The maximum Gasteiger partial charge on any atom is 0.337 e. The zero-order valence-electron chi connectivity index (χ0n) is 9.07. The van der Waals surface area contributed by atoms with E-state index in [1.54, 1.807) is 19.1 Å². The Kier molecular flexibility index (Phi) is 3.29. The second-order valence-corrected chi connectivity index (χ2v) is 3.53. The Morgan fingerprint density at radius 2 is 2.13 bits per heavy atom. The van der Waals surface area contributed by atoms with Crippen molar-refractivity contribution in [3.63, 3.8) is 0 Å². The molecule has 0 amide bonds. The molecular formula is C11H14O4. The van der Waals surface area contributed by atoms with E-state index in [0.29, 0.717) is 12.0 Å². The number of methoxy groups -OCH3 is 1. The molecule has 1 aliphatic rings. The molecule has 4 heteroatoms. The van der Waals surface area contributed by atoms with Crippen molar-refractivity contribution in [3.8, 4) is 0 Å². The highest BCUT2D eigenvalue weighted by molar-refractivity contribution is 5.92. The molecule has 0 N–H and O–H groups in total. The van der Waals surface area contributed by atoms with Gasteiger partial charge in [-0.25, -0.2) is 4.79 Å². The molecule has 15 heavy (non-hydrogen) atoms. The number of carbonyl (C=O) groups excluding carboxylic acids is 2. The fourth-order valence-corrected chi connectivity index (χ4v) is 1.55. The van der Waals surface area contributed by atoms with Crippen LogP contribution in [0, 0.1) is 0 Å². The summed E-state index contributed by atoms with van der Waals surface area (Å²) in [4.78, 5) is 22.4. The van der Waals surface area contributed by atoms with Gasteiger partial charge < -0.3 is 9.47 Å². The summed E-state index contributed by atoms with van der Waals surface area (Å²) in [5.74, 6) is -0.884. The average molecular weight is 210 g/mol. The molecule has 0 aromatic heterocycles. The summed E-state index contributed by atoms with van der Waals surface area (Å²) in [7, 11) is 1.30. The van der Waals surface area contributed by atoms with Crippen LogP contribution in [0.15, 0.2) is 23.8 Å². The standard InChI is InChI=1S/C11H14O4/c1-8(12)15-11(2)7-5-4-6-9(11)10(13)14-3/h4-6H,7H2,1-3H3. The van der Waals surface area contributed by atoms with Gasteiger partial charge in [0.05, 0.1) is 12.7 Å². The largest absolute Gasteiger partial charge is 0.466 e. The Labute approximate surface area is 88.6 Å². The van der Waals surface area contributed by atoms with E-state index < -0.39 is 17.5 Å². The van der Waals surface area contributed by atoms with E-state index in [1.165, 1.54) is 14.0 Å². The summed E-state index contributed by atoms with van der Waals surface area (Å²) < 4.78 is 9.79. The van der Waals surface area contributed by atoms with Gasteiger partial charge >= 0.3 is 11.9 Å². The fourth-order valence-electron chi connectivity index (χ4n) is 1.55. The summed E-state index contributed by atoms with van der Waals surface area (Å²) in [6, 6.07) is 0. The van der Waals surface area contributed by atoms with Gasteiger partial charge in [-0.15, -0.1) is 0 Å². The number of hydrogen-bond acceptors (Lipinski definition) is 4. The predicted octanol–water partition coefficient (Wildman–Crippen LogP) is 1.37. The van der Waals surface area contributed by atoms with Crippen molar-refractivity contribution < 1.29 is 19.1 Å². The first-order valence-corrected chi connectivity index (χ1v) is 4.65. The Hall–Kier alpha value is -1.58. The van der Waals surface area contributed by atoms with Crippen LogP contribution < -0.4 is 0 Å². The van der Waals surface area contributed by atoms with Crippen LogP contribution in [0.4, 0.5) is 0 Å². The van der Waals surface area contributed by atoms with E-state index in [0.717, 1.165) is 0 Å². The van der Waals surface area contributed by atoms with Crippen molar-refractivity contribution >= 4 is 11.9 Å². The molecule has 0 saturated heterocycles. The summed E-state index contributed by atoms with van der Waals surface area (Å²) in [6.07, 6.45) is 5.68. The minimum atomic E-state index is -0.909. The first-order valence-electron chi connectivity index (χ1n) is 4.65. The van der Waals surface area contributed by atoms with Crippen LogP contribution in [0.5, 0.6) is 0 Å². The number of rotatable bonds is 2. The highest BCUT2D eigenvalue weighted by atomic mass is 16.6.